The average molecular weight is 288 g/mol. The number of allylic oxidation sites excluding steroid dienone is 2. The monoisotopic (exact) mass is 287 g/mol. The van der Waals surface area contributed by atoms with Gasteiger partial charge in [-0.15, -0.1) is 0 Å². The molecule has 20 heavy (non-hydrogen) atoms. The van der Waals surface area contributed by atoms with Crippen LogP contribution in [0.4, 0.5) is 5.69 Å². The molecule has 1 aliphatic heterocycles. The second kappa shape index (κ2) is 3.73. The van der Waals surface area contributed by atoms with Gasteiger partial charge in [0.15, 0.2) is 0 Å². The number of nitrogens with zero attached hydrogens (tertiary/aromatic N) is 1. The SMILES string of the molecule is C[C@]12C(=O)N(c3ccc(Cl)cc3)C(=O)[C@@H]1[C@H]1C=C[C@H]2C1. The highest BCUT2D eigenvalue weighted by Gasteiger charge is 2.67. The standard InChI is InChI=1S/C16H14ClNO2/c1-16-10-3-2-9(8-10)13(16)14(19)18(15(16)20)12-6-4-11(17)5-7-12/h2-7,9-10,13H,8H2,1H3/t9-,10-,13-,16+/m0/s1. The quantitative estimate of drug-likeness (QED) is 0.588. The van der Waals surface area contributed by atoms with Crippen molar-refractivity contribution in [3.05, 3.63) is 41.4 Å². The molecule has 0 unspecified atom stereocenters. The summed E-state index contributed by atoms with van der Waals surface area (Å²) >= 11 is 5.87. The molecule has 2 fully saturated rings. The normalized spacial score (nSPS) is 37.9. The number of amides is 2. The van der Waals surface area contributed by atoms with E-state index in [0.717, 1.165) is 6.42 Å². The summed E-state index contributed by atoms with van der Waals surface area (Å²) in [7, 11) is 0. The molecule has 4 atom stereocenters. The molecule has 1 heterocycles. The largest absolute Gasteiger partial charge is 0.274 e. The Morgan fingerprint density at radius 2 is 1.90 bits per heavy atom. The van der Waals surface area contributed by atoms with Gasteiger partial charge >= 0.3 is 0 Å². The summed E-state index contributed by atoms with van der Waals surface area (Å²) in [6, 6.07) is 6.89. The Morgan fingerprint density at radius 1 is 1.20 bits per heavy atom. The molecular weight excluding hydrogens is 274 g/mol. The Kier molecular flexibility index (Phi) is 2.27. The van der Waals surface area contributed by atoms with Crippen LogP contribution >= 0.6 is 11.6 Å². The van der Waals surface area contributed by atoms with Crippen LogP contribution in [0.3, 0.4) is 0 Å². The van der Waals surface area contributed by atoms with Crippen molar-refractivity contribution in [1.29, 1.82) is 0 Å². The van der Waals surface area contributed by atoms with Gasteiger partial charge in [-0.05, 0) is 49.4 Å². The molecule has 2 bridgehead atoms. The van der Waals surface area contributed by atoms with Crippen molar-refractivity contribution in [1.82, 2.24) is 0 Å². The van der Waals surface area contributed by atoms with Crippen LogP contribution in [-0.4, -0.2) is 11.8 Å². The van der Waals surface area contributed by atoms with Gasteiger partial charge in [0.2, 0.25) is 11.8 Å². The van der Waals surface area contributed by atoms with Crippen LogP contribution in [0, 0.1) is 23.2 Å². The van der Waals surface area contributed by atoms with Crippen LogP contribution in [-0.2, 0) is 9.59 Å². The van der Waals surface area contributed by atoms with Gasteiger partial charge in [0, 0.05) is 5.02 Å². The van der Waals surface area contributed by atoms with Crippen molar-refractivity contribution in [3.8, 4) is 0 Å². The van der Waals surface area contributed by atoms with E-state index in [0.29, 0.717) is 10.7 Å². The Hall–Kier alpha value is -1.61. The van der Waals surface area contributed by atoms with Gasteiger partial charge < -0.3 is 0 Å². The number of halogens is 1. The van der Waals surface area contributed by atoms with E-state index in [1.165, 1.54) is 4.90 Å². The number of carbonyl (C=O) groups excluding carboxylic acids is 2. The van der Waals surface area contributed by atoms with Crippen molar-refractivity contribution in [3.63, 3.8) is 0 Å². The zero-order valence-corrected chi connectivity index (χ0v) is 11.8. The second-order valence-corrected chi connectivity index (χ2v) is 6.54. The highest BCUT2D eigenvalue weighted by molar-refractivity contribution is 6.31. The van der Waals surface area contributed by atoms with Crippen LogP contribution in [0.25, 0.3) is 0 Å². The molecule has 2 amide bonds. The van der Waals surface area contributed by atoms with Crippen molar-refractivity contribution in [2.45, 2.75) is 13.3 Å². The van der Waals surface area contributed by atoms with Crippen molar-refractivity contribution < 1.29 is 9.59 Å². The first-order chi connectivity index (χ1) is 9.53. The van der Waals surface area contributed by atoms with Crippen LogP contribution < -0.4 is 4.90 Å². The molecule has 0 radical (unpaired) electrons. The van der Waals surface area contributed by atoms with Gasteiger partial charge in [0.05, 0.1) is 17.0 Å². The van der Waals surface area contributed by atoms with E-state index in [9.17, 15) is 9.59 Å². The summed E-state index contributed by atoms with van der Waals surface area (Å²) in [6.07, 6.45) is 5.15. The molecule has 0 spiro atoms. The lowest BCUT2D eigenvalue weighted by Crippen LogP contribution is -2.37. The first-order valence-electron chi connectivity index (χ1n) is 6.86. The molecule has 1 saturated carbocycles. The lowest BCUT2D eigenvalue weighted by Gasteiger charge is -2.28. The minimum absolute atomic E-state index is 0.0586. The molecular formula is C16H14ClNO2. The fourth-order valence-corrected chi connectivity index (χ4v) is 4.27. The number of rotatable bonds is 1. The predicted octanol–water partition coefficient (Wildman–Crippen LogP) is 3.04. The molecule has 1 saturated heterocycles. The molecule has 0 aromatic heterocycles. The molecule has 102 valence electrons. The minimum atomic E-state index is -0.559. The Bertz CT molecular complexity index is 651. The van der Waals surface area contributed by atoms with Gasteiger partial charge in [0.1, 0.15) is 0 Å². The van der Waals surface area contributed by atoms with Gasteiger partial charge in [-0.3, -0.25) is 9.59 Å². The van der Waals surface area contributed by atoms with E-state index in [1.807, 2.05) is 6.92 Å². The highest BCUT2D eigenvalue weighted by Crippen LogP contribution is 2.60. The first kappa shape index (κ1) is 12.2. The van der Waals surface area contributed by atoms with Crippen molar-refractivity contribution >= 4 is 29.1 Å². The molecule has 4 rings (SSSR count). The van der Waals surface area contributed by atoms with Crippen LogP contribution in [0.15, 0.2) is 36.4 Å². The molecule has 0 N–H and O–H groups in total. The maximum atomic E-state index is 12.8. The third kappa shape index (κ3) is 1.27. The maximum absolute atomic E-state index is 12.8. The average Bonchev–Trinajstić information content (AvgIpc) is 3.05. The van der Waals surface area contributed by atoms with Crippen LogP contribution in [0.2, 0.25) is 5.02 Å². The van der Waals surface area contributed by atoms with Crippen molar-refractivity contribution in [2.24, 2.45) is 23.2 Å². The lowest BCUT2D eigenvalue weighted by molar-refractivity contribution is -0.127. The van der Waals surface area contributed by atoms with E-state index < -0.39 is 5.41 Å². The van der Waals surface area contributed by atoms with Crippen LogP contribution in [0.5, 0.6) is 0 Å². The Balaban J connectivity index is 1.80. The van der Waals surface area contributed by atoms with E-state index in [1.54, 1.807) is 24.3 Å². The van der Waals surface area contributed by atoms with E-state index in [2.05, 4.69) is 12.2 Å². The minimum Gasteiger partial charge on any atom is -0.274 e. The fraction of sp³-hybridized carbons (Fsp3) is 0.375. The third-order valence-electron chi connectivity index (χ3n) is 5.20. The predicted molar refractivity (Wildman–Crippen MR) is 76.3 cm³/mol. The van der Waals surface area contributed by atoms with Gasteiger partial charge in [-0.25, -0.2) is 4.90 Å². The molecule has 3 nitrogen and oxygen atoms in total. The number of carbonyl (C=O) groups is 2. The molecule has 1 aromatic carbocycles. The Morgan fingerprint density at radius 3 is 2.55 bits per heavy atom. The van der Waals surface area contributed by atoms with Gasteiger partial charge in [0.25, 0.3) is 0 Å². The number of anilines is 1. The topological polar surface area (TPSA) is 37.4 Å². The fourth-order valence-electron chi connectivity index (χ4n) is 4.14. The number of fused-ring (bicyclic) bond motifs is 5. The third-order valence-corrected chi connectivity index (χ3v) is 5.45. The summed E-state index contributed by atoms with van der Waals surface area (Å²) in [4.78, 5) is 26.9. The lowest BCUT2D eigenvalue weighted by atomic mass is 9.71. The van der Waals surface area contributed by atoms with Gasteiger partial charge in [-0.2, -0.15) is 0 Å². The molecule has 1 aromatic rings. The highest BCUT2D eigenvalue weighted by atomic mass is 35.5. The molecule has 4 heteroatoms. The van der Waals surface area contributed by atoms with E-state index >= 15 is 0 Å². The summed E-state index contributed by atoms with van der Waals surface area (Å²) in [5.74, 6) is 0.106. The smallest absolute Gasteiger partial charge is 0.241 e. The molecule has 3 aliphatic rings. The maximum Gasteiger partial charge on any atom is 0.241 e. The summed E-state index contributed by atoms with van der Waals surface area (Å²) in [5, 5.41) is 0.598. The second-order valence-electron chi connectivity index (χ2n) is 6.11. The van der Waals surface area contributed by atoms with Crippen molar-refractivity contribution in [2.75, 3.05) is 4.90 Å². The summed E-state index contributed by atoms with van der Waals surface area (Å²) in [5.41, 5.74) is 0.0651. The zero-order chi connectivity index (χ0) is 14.1. The number of imide groups is 1. The Labute approximate surface area is 122 Å². The van der Waals surface area contributed by atoms with Crippen LogP contribution in [0.1, 0.15) is 13.3 Å². The summed E-state index contributed by atoms with van der Waals surface area (Å²) < 4.78 is 0. The number of benzene rings is 1. The molecule has 2 aliphatic carbocycles. The van der Waals surface area contributed by atoms with E-state index in [4.69, 9.17) is 11.6 Å². The summed E-state index contributed by atoms with van der Waals surface area (Å²) in [6.45, 7) is 1.95. The van der Waals surface area contributed by atoms with Gasteiger partial charge in [-0.1, -0.05) is 23.8 Å². The van der Waals surface area contributed by atoms with E-state index in [-0.39, 0.29) is 29.6 Å². The first-order valence-corrected chi connectivity index (χ1v) is 7.23. The zero-order valence-electron chi connectivity index (χ0n) is 11.0. The number of hydrogen-bond donors (Lipinski definition) is 0. The number of hydrogen-bond acceptors (Lipinski definition) is 2.